The lowest BCUT2D eigenvalue weighted by Crippen LogP contribution is -1.99. The van der Waals surface area contributed by atoms with E-state index >= 15 is 0 Å². The zero-order valence-corrected chi connectivity index (χ0v) is 7.32. The van der Waals surface area contributed by atoms with Crippen LogP contribution in [-0.2, 0) is 0 Å². The topological polar surface area (TPSA) is 0 Å². The van der Waals surface area contributed by atoms with Crippen LogP contribution in [0.15, 0.2) is 24.8 Å². The summed E-state index contributed by atoms with van der Waals surface area (Å²) >= 11 is 5.96. The highest BCUT2D eigenvalue weighted by atomic mass is 35.5. The van der Waals surface area contributed by atoms with Crippen molar-refractivity contribution in [3.63, 3.8) is 0 Å². The summed E-state index contributed by atoms with van der Waals surface area (Å²) in [4.78, 5) is 0. The lowest BCUT2D eigenvalue weighted by Gasteiger charge is -2.08. The molecular weight excluding hydrogens is 144 g/mol. The molecule has 0 amide bonds. The lowest BCUT2D eigenvalue weighted by atomic mass is 10.1. The van der Waals surface area contributed by atoms with E-state index in [0.29, 0.717) is 0 Å². The molecule has 0 aliphatic rings. The van der Waals surface area contributed by atoms with Gasteiger partial charge in [0.15, 0.2) is 0 Å². The summed E-state index contributed by atoms with van der Waals surface area (Å²) in [5.74, 6) is 0. The fourth-order valence-electron chi connectivity index (χ4n) is 0.771. The molecule has 0 aromatic rings. The van der Waals surface area contributed by atoms with Crippen LogP contribution in [0, 0.1) is 0 Å². The minimum absolute atomic E-state index is 0.142. The van der Waals surface area contributed by atoms with Gasteiger partial charge in [-0.25, -0.2) is 0 Å². The summed E-state index contributed by atoms with van der Waals surface area (Å²) in [6, 6.07) is 0. The first-order valence-corrected chi connectivity index (χ1v) is 4.08. The molecule has 0 rings (SSSR count). The van der Waals surface area contributed by atoms with Crippen molar-refractivity contribution in [1.82, 2.24) is 0 Å². The Morgan fingerprint density at radius 2 is 2.30 bits per heavy atom. The number of alkyl halides is 1. The summed E-state index contributed by atoms with van der Waals surface area (Å²) in [6.07, 6.45) is 4.82. The number of hydrogen-bond acceptors (Lipinski definition) is 0. The van der Waals surface area contributed by atoms with E-state index < -0.39 is 0 Å². The van der Waals surface area contributed by atoms with Crippen molar-refractivity contribution < 1.29 is 0 Å². The number of allylic oxidation sites excluding steroid dienone is 2. The van der Waals surface area contributed by atoms with E-state index in [1.54, 1.807) is 0 Å². The maximum absolute atomic E-state index is 5.96. The first kappa shape index (κ1) is 9.77. The Labute approximate surface area is 68.6 Å². The minimum Gasteiger partial charge on any atom is -0.118 e. The normalized spacial score (nSPS) is 12.6. The summed E-state index contributed by atoms with van der Waals surface area (Å²) in [5.41, 5.74) is 1.08. The van der Waals surface area contributed by atoms with Gasteiger partial charge in [-0.1, -0.05) is 31.6 Å². The molecule has 58 valence electrons. The average molecular weight is 159 g/mol. The summed E-state index contributed by atoms with van der Waals surface area (Å²) in [7, 11) is 0. The van der Waals surface area contributed by atoms with E-state index in [1.165, 1.54) is 0 Å². The van der Waals surface area contributed by atoms with Gasteiger partial charge < -0.3 is 0 Å². The molecule has 0 heterocycles. The third-order valence-electron chi connectivity index (χ3n) is 1.39. The van der Waals surface area contributed by atoms with Crippen LogP contribution in [0.1, 0.15) is 26.2 Å². The monoisotopic (exact) mass is 158 g/mol. The van der Waals surface area contributed by atoms with Gasteiger partial charge in [-0.05, 0) is 12.8 Å². The molecular formula is C9H15Cl. The van der Waals surface area contributed by atoms with Crippen molar-refractivity contribution in [3.05, 3.63) is 24.8 Å². The smallest absolute Gasteiger partial charge is 0.0545 e. The van der Waals surface area contributed by atoms with Crippen molar-refractivity contribution >= 4 is 11.6 Å². The summed E-state index contributed by atoms with van der Waals surface area (Å²) < 4.78 is 0. The van der Waals surface area contributed by atoms with Gasteiger partial charge in [0, 0.05) is 0 Å². The number of rotatable bonds is 5. The molecule has 0 nitrogen and oxygen atoms in total. The van der Waals surface area contributed by atoms with Crippen LogP contribution in [0.2, 0.25) is 0 Å². The van der Waals surface area contributed by atoms with Crippen molar-refractivity contribution in [1.29, 1.82) is 0 Å². The van der Waals surface area contributed by atoms with Gasteiger partial charge in [0.05, 0.1) is 5.38 Å². The van der Waals surface area contributed by atoms with Gasteiger partial charge in [0.25, 0.3) is 0 Å². The zero-order valence-electron chi connectivity index (χ0n) is 6.57. The predicted molar refractivity (Wildman–Crippen MR) is 48.5 cm³/mol. The average Bonchev–Trinajstić information content (AvgIpc) is 1.89. The molecule has 0 saturated carbocycles. The van der Waals surface area contributed by atoms with Crippen LogP contribution in [0.5, 0.6) is 0 Å². The Hall–Kier alpha value is -0.230. The van der Waals surface area contributed by atoms with Gasteiger partial charge in [-0.2, -0.15) is 0 Å². The van der Waals surface area contributed by atoms with Gasteiger partial charge >= 0.3 is 0 Å². The van der Waals surface area contributed by atoms with Crippen molar-refractivity contribution in [2.24, 2.45) is 0 Å². The highest BCUT2D eigenvalue weighted by molar-refractivity contribution is 6.22. The van der Waals surface area contributed by atoms with E-state index in [0.717, 1.165) is 24.8 Å². The zero-order chi connectivity index (χ0) is 7.98. The molecule has 0 aromatic carbocycles. The molecule has 0 saturated heterocycles. The Morgan fingerprint density at radius 1 is 1.70 bits per heavy atom. The molecule has 1 atom stereocenters. The largest absolute Gasteiger partial charge is 0.118 e. The third kappa shape index (κ3) is 3.73. The first-order valence-electron chi connectivity index (χ1n) is 3.65. The maximum Gasteiger partial charge on any atom is 0.0545 e. The van der Waals surface area contributed by atoms with Gasteiger partial charge in [-0.3, -0.25) is 0 Å². The number of hydrogen-bond donors (Lipinski definition) is 0. The van der Waals surface area contributed by atoms with Crippen LogP contribution in [0.3, 0.4) is 0 Å². The Morgan fingerprint density at radius 3 is 2.70 bits per heavy atom. The van der Waals surface area contributed by atoms with Crippen molar-refractivity contribution in [2.75, 3.05) is 0 Å². The van der Waals surface area contributed by atoms with Crippen LogP contribution < -0.4 is 0 Å². The van der Waals surface area contributed by atoms with E-state index in [-0.39, 0.29) is 5.38 Å². The third-order valence-corrected chi connectivity index (χ3v) is 1.92. The van der Waals surface area contributed by atoms with Gasteiger partial charge in [0.2, 0.25) is 0 Å². The molecule has 0 fully saturated rings. The van der Waals surface area contributed by atoms with Gasteiger partial charge in [0.1, 0.15) is 0 Å². The van der Waals surface area contributed by atoms with E-state index in [4.69, 9.17) is 11.6 Å². The van der Waals surface area contributed by atoms with E-state index in [1.807, 2.05) is 6.08 Å². The van der Waals surface area contributed by atoms with Gasteiger partial charge in [-0.15, -0.1) is 18.2 Å². The molecule has 1 heteroatoms. The standard InChI is InChI=1S/C9H15Cl/c1-4-6-8(3)9(10)7-5-2/h4,9H,1,3,5-7H2,2H3. The second-order valence-electron chi connectivity index (χ2n) is 2.41. The van der Waals surface area contributed by atoms with Crippen molar-refractivity contribution in [3.8, 4) is 0 Å². The van der Waals surface area contributed by atoms with E-state index in [2.05, 4.69) is 20.1 Å². The van der Waals surface area contributed by atoms with Crippen LogP contribution in [0.4, 0.5) is 0 Å². The lowest BCUT2D eigenvalue weighted by molar-refractivity contribution is 0.785. The Balaban J connectivity index is 3.58. The van der Waals surface area contributed by atoms with Crippen LogP contribution >= 0.6 is 11.6 Å². The molecule has 0 radical (unpaired) electrons. The molecule has 0 spiro atoms. The number of halogens is 1. The van der Waals surface area contributed by atoms with Crippen LogP contribution in [0.25, 0.3) is 0 Å². The molecule has 0 aliphatic carbocycles. The second kappa shape index (κ2) is 5.55. The van der Waals surface area contributed by atoms with E-state index in [9.17, 15) is 0 Å². The molecule has 0 bridgehead atoms. The van der Waals surface area contributed by atoms with Crippen molar-refractivity contribution in [2.45, 2.75) is 31.6 Å². The quantitative estimate of drug-likeness (QED) is 0.424. The minimum atomic E-state index is 0.142. The maximum atomic E-state index is 5.96. The summed E-state index contributed by atoms with van der Waals surface area (Å²) in [5, 5.41) is 0.142. The summed E-state index contributed by atoms with van der Waals surface area (Å²) in [6.45, 7) is 9.61. The Bertz CT molecular complexity index is 116. The molecule has 1 unspecified atom stereocenters. The molecule has 10 heavy (non-hydrogen) atoms. The molecule has 0 aliphatic heterocycles. The Kier molecular flexibility index (Phi) is 5.42. The highest BCUT2D eigenvalue weighted by Gasteiger charge is 2.04. The predicted octanol–water partition coefficient (Wildman–Crippen LogP) is 3.53. The highest BCUT2D eigenvalue weighted by Crippen LogP contribution is 2.16. The fraction of sp³-hybridized carbons (Fsp3) is 0.556. The van der Waals surface area contributed by atoms with Crippen LogP contribution in [-0.4, -0.2) is 5.38 Å². The fourth-order valence-corrected chi connectivity index (χ4v) is 1.08. The molecule has 0 aromatic heterocycles. The SMILES string of the molecule is C=CCC(=C)C(Cl)CCC. The second-order valence-corrected chi connectivity index (χ2v) is 2.93. The molecule has 0 N–H and O–H groups in total. The first-order chi connectivity index (χ1) is 4.72.